The molecule has 1 aliphatic rings. The number of alkyl halides is 3. The molecule has 0 spiro atoms. The number of hydrogen-bond donors (Lipinski definition) is 2. The molecule has 0 saturated carbocycles. The van der Waals surface area contributed by atoms with Gasteiger partial charge in [-0.25, -0.2) is 0 Å². The molecule has 1 amide bonds. The van der Waals surface area contributed by atoms with Gasteiger partial charge < -0.3 is 19.8 Å². The Labute approximate surface area is 212 Å². The average molecular weight is 562 g/mol. The summed E-state index contributed by atoms with van der Waals surface area (Å²) in [4.78, 5) is 27.3. The highest BCUT2D eigenvalue weighted by Crippen LogP contribution is 2.41. The van der Waals surface area contributed by atoms with Gasteiger partial charge in [0.15, 0.2) is 0 Å². The van der Waals surface area contributed by atoms with E-state index in [0.717, 1.165) is 17.0 Å². The Hall–Kier alpha value is -3.79. The largest absolute Gasteiger partial charge is 0.508 e. The number of benzene rings is 3. The van der Waals surface area contributed by atoms with Gasteiger partial charge >= 0.3 is 6.18 Å². The van der Waals surface area contributed by atoms with Crippen LogP contribution in [0.5, 0.6) is 11.5 Å². The zero-order valence-corrected chi connectivity index (χ0v) is 20.3. The molecule has 1 heterocycles. The molecule has 6 nitrogen and oxygen atoms in total. The lowest BCUT2D eigenvalue weighted by Gasteiger charge is -2.26. The monoisotopic (exact) mass is 561 g/mol. The molecule has 10 heteroatoms. The summed E-state index contributed by atoms with van der Waals surface area (Å²) >= 11 is 3.32. The summed E-state index contributed by atoms with van der Waals surface area (Å²) in [7, 11) is 1.46. The molecule has 1 fully saturated rings. The number of amides is 1. The van der Waals surface area contributed by atoms with Crippen LogP contribution in [0.1, 0.15) is 28.3 Å². The third-order valence-electron chi connectivity index (χ3n) is 5.78. The zero-order chi connectivity index (χ0) is 26.2. The van der Waals surface area contributed by atoms with E-state index in [1.165, 1.54) is 55.6 Å². The number of ether oxygens (including phenoxy) is 1. The first-order chi connectivity index (χ1) is 17.0. The van der Waals surface area contributed by atoms with Crippen LogP contribution in [0, 0.1) is 0 Å². The molecule has 3 aromatic carbocycles. The molecule has 1 unspecified atom stereocenters. The lowest BCUT2D eigenvalue weighted by atomic mass is 9.95. The fourth-order valence-electron chi connectivity index (χ4n) is 4.06. The first kappa shape index (κ1) is 25.3. The minimum absolute atomic E-state index is 0.0623. The van der Waals surface area contributed by atoms with Crippen LogP contribution in [-0.2, 0) is 22.3 Å². The number of aliphatic hydroxyl groups excluding tert-OH is 1. The number of phenols is 1. The van der Waals surface area contributed by atoms with Crippen LogP contribution in [0.25, 0.3) is 5.76 Å². The molecule has 2 N–H and O–H groups in total. The van der Waals surface area contributed by atoms with Gasteiger partial charge in [0.25, 0.3) is 11.7 Å². The number of methoxy groups -OCH3 is 1. The summed E-state index contributed by atoms with van der Waals surface area (Å²) in [6, 6.07) is 13.6. The lowest BCUT2D eigenvalue weighted by molar-refractivity contribution is -0.140. The summed E-state index contributed by atoms with van der Waals surface area (Å²) in [5.74, 6) is -2.00. The molecule has 0 radical (unpaired) electrons. The second-order valence-electron chi connectivity index (χ2n) is 8.07. The molecule has 1 aliphatic heterocycles. The molecule has 0 aromatic heterocycles. The Morgan fingerprint density at radius 1 is 1.06 bits per heavy atom. The highest BCUT2D eigenvalue weighted by Gasteiger charge is 2.46. The fraction of sp³-hybridized carbons (Fsp3) is 0.154. The molecule has 0 bridgehead atoms. The second kappa shape index (κ2) is 9.69. The Kier molecular flexibility index (Phi) is 6.81. The molecule has 1 saturated heterocycles. The van der Waals surface area contributed by atoms with Crippen LogP contribution in [0.15, 0.2) is 76.8 Å². The van der Waals surface area contributed by atoms with Crippen LogP contribution in [-0.4, -0.2) is 33.9 Å². The number of aliphatic hydroxyl groups is 1. The molecule has 36 heavy (non-hydrogen) atoms. The number of hydrogen-bond acceptors (Lipinski definition) is 5. The number of Topliss-reactive ketones (excluding diaryl/α,β-unsaturated/α-hetero) is 1. The van der Waals surface area contributed by atoms with E-state index >= 15 is 0 Å². The minimum Gasteiger partial charge on any atom is -0.508 e. The predicted molar refractivity (Wildman–Crippen MR) is 128 cm³/mol. The second-order valence-corrected chi connectivity index (χ2v) is 8.92. The maximum atomic E-state index is 13.2. The van der Waals surface area contributed by atoms with Gasteiger partial charge in [0.2, 0.25) is 0 Å². The molecule has 1 atom stereocenters. The number of likely N-dealkylation sites (tertiary alicyclic amines) is 1. The Morgan fingerprint density at radius 3 is 2.36 bits per heavy atom. The Balaban J connectivity index is 1.84. The van der Waals surface area contributed by atoms with Gasteiger partial charge in [-0.3, -0.25) is 9.59 Å². The standard InChI is InChI=1S/C26H19BrF3NO5/c1-36-20-10-7-16(12-19(20)27)23(33)21-22(15-5-8-18(32)9-6-15)31(25(35)24(21)34)13-14-3-2-4-17(11-14)26(28,29)30/h2-12,22,32-33H,13H2,1H3/b23-21+. The van der Waals surface area contributed by atoms with Crippen molar-refractivity contribution >= 4 is 33.4 Å². The summed E-state index contributed by atoms with van der Waals surface area (Å²) < 4.78 is 45.4. The van der Waals surface area contributed by atoms with E-state index in [1.54, 1.807) is 6.07 Å². The highest BCUT2D eigenvalue weighted by atomic mass is 79.9. The third kappa shape index (κ3) is 4.81. The zero-order valence-electron chi connectivity index (χ0n) is 18.7. The highest BCUT2D eigenvalue weighted by molar-refractivity contribution is 9.10. The van der Waals surface area contributed by atoms with Crippen molar-refractivity contribution in [3.63, 3.8) is 0 Å². The van der Waals surface area contributed by atoms with Gasteiger partial charge in [-0.1, -0.05) is 24.3 Å². The maximum Gasteiger partial charge on any atom is 0.416 e. The van der Waals surface area contributed by atoms with Crippen LogP contribution in [0.4, 0.5) is 13.2 Å². The van der Waals surface area contributed by atoms with Gasteiger partial charge in [0.1, 0.15) is 17.3 Å². The lowest BCUT2D eigenvalue weighted by Crippen LogP contribution is -2.29. The number of carbonyl (C=O) groups excluding carboxylic acids is 2. The van der Waals surface area contributed by atoms with E-state index in [9.17, 15) is 33.0 Å². The molecule has 4 rings (SSSR count). The van der Waals surface area contributed by atoms with Gasteiger partial charge in [-0.05, 0) is 69.5 Å². The molecular weight excluding hydrogens is 543 g/mol. The third-order valence-corrected chi connectivity index (χ3v) is 6.40. The predicted octanol–water partition coefficient (Wildman–Crippen LogP) is 5.80. The first-order valence-electron chi connectivity index (χ1n) is 10.6. The summed E-state index contributed by atoms with van der Waals surface area (Å²) in [5.41, 5.74) is -0.352. The van der Waals surface area contributed by atoms with Crippen LogP contribution < -0.4 is 4.74 Å². The number of carbonyl (C=O) groups is 2. The summed E-state index contributed by atoms with van der Waals surface area (Å²) in [6.45, 7) is -0.316. The van der Waals surface area contributed by atoms with E-state index < -0.39 is 35.2 Å². The van der Waals surface area contributed by atoms with Crippen molar-refractivity contribution < 1.29 is 37.7 Å². The number of rotatable bonds is 5. The summed E-state index contributed by atoms with van der Waals surface area (Å²) in [6.07, 6.45) is -4.58. The summed E-state index contributed by atoms with van der Waals surface area (Å²) in [5, 5.41) is 20.8. The number of ketones is 1. The number of aromatic hydroxyl groups is 1. The van der Waals surface area contributed by atoms with E-state index in [-0.39, 0.29) is 29.0 Å². The van der Waals surface area contributed by atoms with Crippen LogP contribution in [0.2, 0.25) is 0 Å². The van der Waals surface area contributed by atoms with Crippen molar-refractivity contribution in [1.82, 2.24) is 4.90 Å². The van der Waals surface area contributed by atoms with Gasteiger partial charge in [-0.15, -0.1) is 0 Å². The number of halogens is 4. The van der Waals surface area contributed by atoms with Crippen molar-refractivity contribution in [2.75, 3.05) is 7.11 Å². The SMILES string of the molecule is COc1ccc(/C(O)=C2\C(=O)C(=O)N(Cc3cccc(C(F)(F)F)c3)C2c2ccc(O)cc2)cc1Br. The first-order valence-corrected chi connectivity index (χ1v) is 11.4. The Morgan fingerprint density at radius 2 is 1.75 bits per heavy atom. The van der Waals surface area contributed by atoms with Crippen molar-refractivity contribution in [1.29, 1.82) is 0 Å². The molecule has 3 aromatic rings. The van der Waals surface area contributed by atoms with Gasteiger partial charge in [-0.2, -0.15) is 13.2 Å². The van der Waals surface area contributed by atoms with Gasteiger partial charge in [0.05, 0.1) is 28.8 Å². The van der Waals surface area contributed by atoms with Gasteiger partial charge in [0, 0.05) is 12.1 Å². The number of phenolic OH excluding ortho intramolecular Hbond substituents is 1. The fourth-order valence-corrected chi connectivity index (χ4v) is 4.60. The Bertz CT molecular complexity index is 1370. The minimum atomic E-state index is -4.58. The topological polar surface area (TPSA) is 87.1 Å². The number of nitrogens with zero attached hydrogens (tertiary/aromatic N) is 1. The molecule has 0 aliphatic carbocycles. The van der Waals surface area contributed by atoms with Crippen molar-refractivity contribution in [2.45, 2.75) is 18.8 Å². The van der Waals surface area contributed by atoms with E-state index in [4.69, 9.17) is 4.74 Å². The maximum absolute atomic E-state index is 13.2. The van der Waals surface area contributed by atoms with E-state index in [1.807, 2.05) is 0 Å². The van der Waals surface area contributed by atoms with Crippen molar-refractivity contribution in [3.05, 3.63) is 99.0 Å². The van der Waals surface area contributed by atoms with Crippen molar-refractivity contribution in [2.24, 2.45) is 0 Å². The average Bonchev–Trinajstić information content (AvgIpc) is 3.08. The molecule has 186 valence electrons. The quantitative estimate of drug-likeness (QED) is 0.233. The smallest absolute Gasteiger partial charge is 0.416 e. The van der Waals surface area contributed by atoms with E-state index in [0.29, 0.717) is 15.8 Å². The molecular formula is C26H19BrF3NO5. The van der Waals surface area contributed by atoms with Crippen LogP contribution in [0.3, 0.4) is 0 Å². The van der Waals surface area contributed by atoms with E-state index in [2.05, 4.69) is 15.9 Å². The van der Waals surface area contributed by atoms with Crippen molar-refractivity contribution in [3.8, 4) is 11.5 Å². The van der Waals surface area contributed by atoms with Crippen LogP contribution >= 0.6 is 15.9 Å². The normalized spacial score (nSPS) is 17.5.